The van der Waals surface area contributed by atoms with E-state index in [0.29, 0.717) is 18.5 Å². The number of likely N-dealkylation sites (N-methyl/N-ethyl adjacent to an activating group) is 1. The van der Waals surface area contributed by atoms with Crippen LogP contribution in [0, 0.1) is 0 Å². The van der Waals surface area contributed by atoms with Gasteiger partial charge in [-0.3, -0.25) is 0 Å². The lowest BCUT2D eigenvalue weighted by Crippen LogP contribution is -2.40. The quantitative estimate of drug-likeness (QED) is 0.317. The van der Waals surface area contributed by atoms with E-state index in [0.717, 1.165) is 25.1 Å². The Hall–Kier alpha value is -0.300. The van der Waals surface area contributed by atoms with Crippen molar-refractivity contribution in [2.75, 3.05) is 26.7 Å². The fourth-order valence-corrected chi connectivity index (χ4v) is 1.17. The minimum atomic E-state index is 0. The Morgan fingerprint density at radius 3 is 2.59 bits per heavy atom. The number of hydrogen-bond acceptors (Lipinski definition) is 2. The second-order valence-corrected chi connectivity index (χ2v) is 4.32. The van der Waals surface area contributed by atoms with Crippen LogP contribution in [-0.4, -0.2) is 43.6 Å². The molecule has 0 aromatic carbocycles. The molecule has 0 saturated carbocycles. The zero-order chi connectivity index (χ0) is 12.6. The third kappa shape index (κ3) is 10.6. The standard InChI is InChI=1S/C12H26N4.HI/c1-6-11(4)16(5)8-7-14-12(13)15-9-10(2)3;/h11H,2,6-9H2,1,3-5H3,(H3,13,14,15);1H. The molecular formula is C12H27IN4. The van der Waals surface area contributed by atoms with E-state index in [1.54, 1.807) is 0 Å². The Labute approximate surface area is 123 Å². The molecule has 0 aromatic heterocycles. The van der Waals surface area contributed by atoms with Crippen LogP contribution < -0.4 is 11.1 Å². The van der Waals surface area contributed by atoms with Crippen molar-refractivity contribution in [1.29, 1.82) is 0 Å². The van der Waals surface area contributed by atoms with Crippen LogP contribution in [0.1, 0.15) is 27.2 Å². The third-order valence-corrected chi connectivity index (χ3v) is 2.63. The largest absolute Gasteiger partial charge is 0.370 e. The molecule has 0 rings (SSSR count). The number of rotatable bonds is 7. The smallest absolute Gasteiger partial charge is 0.188 e. The van der Waals surface area contributed by atoms with Gasteiger partial charge in [0.2, 0.25) is 0 Å². The molecular weight excluding hydrogens is 327 g/mol. The Morgan fingerprint density at radius 1 is 1.53 bits per heavy atom. The van der Waals surface area contributed by atoms with Crippen LogP contribution in [0.15, 0.2) is 17.1 Å². The number of nitrogens with two attached hydrogens (primary N) is 1. The summed E-state index contributed by atoms with van der Waals surface area (Å²) in [5, 5.41) is 3.09. The van der Waals surface area contributed by atoms with Crippen LogP contribution >= 0.6 is 24.0 Å². The molecule has 5 heteroatoms. The maximum Gasteiger partial charge on any atom is 0.188 e. The predicted octanol–water partition coefficient (Wildman–Crippen LogP) is 1.82. The summed E-state index contributed by atoms with van der Waals surface area (Å²) in [4.78, 5) is 6.46. The van der Waals surface area contributed by atoms with E-state index in [4.69, 9.17) is 5.73 Å². The van der Waals surface area contributed by atoms with Crippen molar-refractivity contribution in [3.63, 3.8) is 0 Å². The predicted molar refractivity (Wildman–Crippen MR) is 87.1 cm³/mol. The molecule has 0 aliphatic rings. The van der Waals surface area contributed by atoms with Crippen molar-refractivity contribution in [2.45, 2.75) is 33.2 Å². The fourth-order valence-electron chi connectivity index (χ4n) is 1.17. The Morgan fingerprint density at radius 2 is 2.12 bits per heavy atom. The topological polar surface area (TPSA) is 53.6 Å². The first kappa shape index (κ1) is 19.0. The summed E-state index contributed by atoms with van der Waals surface area (Å²) < 4.78 is 0. The van der Waals surface area contributed by atoms with Gasteiger partial charge in [-0.1, -0.05) is 19.1 Å². The van der Waals surface area contributed by atoms with Crippen LogP contribution in [0.3, 0.4) is 0 Å². The Balaban J connectivity index is 0. The second-order valence-electron chi connectivity index (χ2n) is 4.32. The molecule has 0 bridgehead atoms. The van der Waals surface area contributed by atoms with Crippen LogP contribution in [0.5, 0.6) is 0 Å². The fraction of sp³-hybridized carbons (Fsp3) is 0.750. The van der Waals surface area contributed by atoms with Gasteiger partial charge >= 0.3 is 0 Å². The molecule has 0 aromatic rings. The number of nitrogens with one attached hydrogen (secondary N) is 1. The average molecular weight is 354 g/mol. The molecule has 4 nitrogen and oxygen atoms in total. The molecule has 0 aliphatic carbocycles. The first-order valence-electron chi connectivity index (χ1n) is 5.85. The summed E-state index contributed by atoms with van der Waals surface area (Å²) in [6.45, 7) is 12.5. The number of nitrogens with zero attached hydrogens (tertiary/aromatic N) is 2. The molecule has 0 spiro atoms. The first-order valence-corrected chi connectivity index (χ1v) is 5.85. The molecule has 102 valence electrons. The number of hydrogen-bond donors (Lipinski definition) is 2. The van der Waals surface area contributed by atoms with Crippen molar-refractivity contribution in [3.05, 3.63) is 12.2 Å². The zero-order valence-corrected chi connectivity index (χ0v) is 13.8. The molecule has 0 saturated heterocycles. The van der Waals surface area contributed by atoms with Crippen molar-refractivity contribution in [3.8, 4) is 0 Å². The van der Waals surface area contributed by atoms with Gasteiger partial charge in [0, 0.05) is 19.1 Å². The molecule has 0 aliphatic heterocycles. The summed E-state index contributed by atoms with van der Waals surface area (Å²) in [7, 11) is 2.12. The van der Waals surface area contributed by atoms with Gasteiger partial charge in [-0.15, -0.1) is 24.0 Å². The maximum atomic E-state index is 5.70. The van der Waals surface area contributed by atoms with Crippen LogP contribution in [-0.2, 0) is 0 Å². The van der Waals surface area contributed by atoms with Gasteiger partial charge in [0.05, 0.1) is 6.54 Å². The molecule has 0 amide bonds. The van der Waals surface area contributed by atoms with Crippen LogP contribution in [0.4, 0.5) is 0 Å². The number of aliphatic imine (C=N–C) groups is 1. The van der Waals surface area contributed by atoms with Gasteiger partial charge in [0.25, 0.3) is 0 Å². The minimum absolute atomic E-state index is 0. The molecule has 0 fully saturated rings. The summed E-state index contributed by atoms with van der Waals surface area (Å²) >= 11 is 0. The highest BCUT2D eigenvalue weighted by Gasteiger charge is 2.05. The maximum absolute atomic E-state index is 5.70. The highest BCUT2D eigenvalue weighted by molar-refractivity contribution is 14.0. The molecule has 1 unspecified atom stereocenters. The lowest BCUT2D eigenvalue weighted by atomic mass is 10.2. The van der Waals surface area contributed by atoms with E-state index >= 15 is 0 Å². The van der Waals surface area contributed by atoms with E-state index in [9.17, 15) is 0 Å². The normalized spacial score (nSPS) is 13.1. The number of halogens is 1. The van der Waals surface area contributed by atoms with Gasteiger partial charge in [-0.2, -0.15) is 0 Å². The molecule has 17 heavy (non-hydrogen) atoms. The van der Waals surface area contributed by atoms with Crippen molar-refractivity contribution < 1.29 is 0 Å². The van der Waals surface area contributed by atoms with E-state index in [1.807, 2.05) is 6.92 Å². The monoisotopic (exact) mass is 354 g/mol. The van der Waals surface area contributed by atoms with E-state index in [2.05, 4.69) is 42.7 Å². The lowest BCUT2D eigenvalue weighted by Gasteiger charge is -2.23. The van der Waals surface area contributed by atoms with E-state index in [-0.39, 0.29) is 24.0 Å². The highest BCUT2D eigenvalue weighted by Crippen LogP contribution is 1.97. The third-order valence-electron chi connectivity index (χ3n) is 2.63. The molecule has 0 heterocycles. The van der Waals surface area contributed by atoms with Gasteiger partial charge in [-0.05, 0) is 27.3 Å². The van der Waals surface area contributed by atoms with Gasteiger partial charge < -0.3 is 16.0 Å². The second kappa shape index (κ2) is 10.8. The van der Waals surface area contributed by atoms with E-state index < -0.39 is 0 Å². The summed E-state index contributed by atoms with van der Waals surface area (Å²) in [5.41, 5.74) is 6.71. The summed E-state index contributed by atoms with van der Waals surface area (Å²) in [6, 6.07) is 0.607. The summed E-state index contributed by atoms with van der Waals surface area (Å²) in [6.07, 6.45) is 1.16. The minimum Gasteiger partial charge on any atom is -0.370 e. The summed E-state index contributed by atoms with van der Waals surface area (Å²) in [5.74, 6) is 0.501. The van der Waals surface area contributed by atoms with Crippen LogP contribution in [0.2, 0.25) is 0 Å². The molecule has 3 N–H and O–H groups in total. The van der Waals surface area contributed by atoms with Gasteiger partial charge in [0.1, 0.15) is 0 Å². The lowest BCUT2D eigenvalue weighted by molar-refractivity contribution is 0.256. The van der Waals surface area contributed by atoms with E-state index in [1.165, 1.54) is 0 Å². The van der Waals surface area contributed by atoms with Crippen molar-refractivity contribution >= 4 is 29.9 Å². The average Bonchev–Trinajstić information content (AvgIpc) is 2.24. The van der Waals surface area contributed by atoms with Crippen LogP contribution in [0.25, 0.3) is 0 Å². The highest BCUT2D eigenvalue weighted by atomic mass is 127. The zero-order valence-electron chi connectivity index (χ0n) is 11.5. The molecule has 1 atom stereocenters. The first-order chi connectivity index (χ1) is 7.47. The van der Waals surface area contributed by atoms with Crippen molar-refractivity contribution in [2.24, 2.45) is 10.7 Å². The Bertz CT molecular complexity index is 241. The van der Waals surface area contributed by atoms with Crippen molar-refractivity contribution in [1.82, 2.24) is 10.2 Å². The molecule has 0 radical (unpaired) electrons. The van der Waals surface area contributed by atoms with Gasteiger partial charge in [0.15, 0.2) is 5.96 Å². The SMILES string of the molecule is C=C(C)CN=C(N)NCCN(C)C(C)CC.I. The number of guanidine groups is 1. The van der Waals surface area contributed by atoms with Gasteiger partial charge in [-0.25, -0.2) is 4.99 Å². The Kier molecular flexibility index (Phi) is 12.1.